The van der Waals surface area contributed by atoms with Gasteiger partial charge in [-0.15, -0.1) is 0 Å². The molecule has 0 aliphatic heterocycles. The molecule has 1 saturated carbocycles. The van der Waals surface area contributed by atoms with Crippen molar-refractivity contribution < 1.29 is 4.92 Å². The van der Waals surface area contributed by atoms with Crippen LogP contribution >= 0.6 is 15.9 Å². The summed E-state index contributed by atoms with van der Waals surface area (Å²) in [5, 5.41) is 13.8. The molecule has 1 aromatic rings. The lowest BCUT2D eigenvalue weighted by Gasteiger charge is -2.05. The largest absolute Gasteiger partial charge is 0.375 e. The van der Waals surface area contributed by atoms with E-state index in [1.807, 2.05) is 0 Å². The maximum Gasteiger partial charge on any atom is 0.293 e. The van der Waals surface area contributed by atoms with Crippen molar-refractivity contribution in [2.45, 2.75) is 18.5 Å². The lowest BCUT2D eigenvalue weighted by Crippen LogP contribution is -2.13. The standard InChI is InChI=1S/C9H10BrN3O2/c10-5-1-2-7(9(3-5)13(14)15)12-8-4-6(8)11/h1-3,6,8,12H,4,11H2. The van der Waals surface area contributed by atoms with Crippen molar-refractivity contribution >= 4 is 27.3 Å². The van der Waals surface area contributed by atoms with Gasteiger partial charge in [0.05, 0.1) is 4.92 Å². The molecule has 0 spiro atoms. The summed E-state index contributed by atoms with van der Waals surface area (Å²) in [6.07, 6.45) is 0.868. The van der Waals surface area contributed by atoms with E-state index in [0.29, 0.717) is 10.2 Å². The number of nitrogens with two attached hydrogens (primary N) is 1. The van der Waals surface area contributed by atoms with Crippen molar-refractivity contribution in [1.82, 2.24) is 0 Å². The van der Waals surface area contributed by atoms with Crippen molar-refractivity contribution in [3.8, 4) is 0 Å². The molecule has 1 aliphatic rings. The fourth-order valence-corrected chi connectivity index (χ4v) is 1.71. The fourth-order valence-electron chi connectivity index (χ4n) is 1.36. The first-order valence-corrected chi connectivity index (χ1v) is 5.33. The minimum Gasteiger partial charge on any atom is -0.375 e. The minimum atomic E-state index is -0.402. The molecule has 80 valence electrons. The summed E-state index contributed by atoms with van der Waals surface area (Å²) in [6.45, 7) is 0. The van der Waals surface area contributed by atoms with Gasteiger partial charge in [-0.2, -0.15) is 0 Å². The minimum absolute atomic E-state index is 0.0727. The Balaban J connectivity index is 2.25. The Bertz CT molecular complexity index is 410. The van der Waals surface area contributed by atoms with Crippen LogP contribution in [0.15, 0.2) is 22.7 Å². The predicted octanol–water partition coefficient (Wildman–Crippen LogP) is 1.87. The molecule has 0 heterocycles. The molecule has 0 amide bonds. The summed E-state index contributed by atoms with van der Waals surface area (Å²) < 4.78 is 0.694. The molecule has 2 unspecified atom stereocenters. The predicted molar refractivity (Wildman–Crippen MR) is 60.8 cm³/mol. The number of halogens is 1. The van der Waals surface area contributed by atoms with Gasteiger partial charge < -0.3 is 11.1 Å². The summed E-state index contributed by atoms with van der Waals surface area (Å²) in [4.78, 5) is 10.4. The van der Waals surface area contributed by atoms with E-state index < -0.39 is 4.92 Å². The molecule has 1 fully saturated rings. The number of nitro groups is 1. The number of benzene rings is 1. The zero-order valence-electron chi connectivity index (χ0n) is 7.81. The molecule has 6 heteroatoms. The second kappa shape index (κ2) is 3.79. The van der Waals surface area contributed by atoms with Gasteiger partial charge >= 0.3 is 0 Å². The average Bonchev–Trinajstić information content (AvgIpc) is 2.85. The Morgan fingerprint density at radius 3 is 2.80 bits per heavy atom. The maximum atomic E-state index is 10.8. The zero-order valence-corrected chi connectivity index (χ0v) is 9.40. The number of anilines is 1. The monoisotopic (exact) mass is 271 g/mol. The fraction of sp³-hybridized carbons (Fsp3) is 0.333. The van der Waals surface area contributed by atoms with Gasteiger partial charge in [0.2, 0.25) is 0 Å². The first-order valence-electron chi connectivity index (χ1n) is 4.54. The van der Waals surface area contributed by atoms with Gasteiger partial charge in [0.15, 0.2) is 0 Å². The highest BCUT2D eigenvalue weighted by Gasteiger charge is 2.34. The molecule has 1 aliphatic carbocycles. The van der Waals surface area contributed by atoms with Gasteiger partial charge in [0, 0.05) is 22.6 Å². The Hall–Kier alpha value is -1.14. The Morgan fingerprint density at radius 1 is 1.60 bits per heavy atom. The summed E-state index contributed by atoms with van der Waals surface area (Å²) >= 11 is 3.20. The highest BCUT2D eigenvalue weighted by Crippen LogP contribution is 2.32. The van der Waals surface area contributed by atoms with Gasteiger partial charge in [-0.1, -0.05) is 15.9 Å². The molecule has 3 N–H and O–H groups in total. The third kappa shape index (κ3) is 2.27. The first kappa shape index (κ1) is 10.4. The topological polar surface area (TPSA) is 81.2 Å². The van der Waals surface area contributed by atoms with Crippen LogP contribution < -0.4 is 11.1 Å². The number of nitrogens with zero attached hydrogens (tertiary/aromatic N) is 1. The van der Waals surface area contributed by atoms with Crippen molar-refractivity contribution in [2.75, 3.05) is 5.32 Å². The molecule has 2 rings (SSSR count). The third-order valence-electron chi connectivity index (χ3n) is 2.34. The molecule has 5 nitrogen and oxygen atoms in total. The van der Waals surface area contributed by atoms with Gasteiger partial charge in [-0.05, 0) is 18.6 Å². The lowest BCUT2D eigenvalue weighted by molar-refractivity contribution is -0.384. The van der Waals surface area contributed by atoms with Crippen molar-refractivity contribution in [2.24, 2.45) is 5.73 Å². The normalized spacial score (nSPS) is 23.6. The van der Waals surface area contributed by atoms with E-state index in [1.54, 1.807) is 12.1 Å². The Kier molecular flexibility index (Phi) is 2.62. The second-order valence-electron chi connectivity index (χ2n) is 3.57. The third-order valence-corrected chi connectivity index (χ3v) is 2.83. The maximum absolute atomic E-state index is 10.8. The summed E-state index contributed by atoms with van der Waals surface area (Å²) in [5.41, 5.74) is 6.23. The summed E-state index contributed by atoms with van der Waals surface area (Å²) in [7, 11) is 0. The van der Waals surface area contributed by atoms with Gasteiger partial charge in [-0.3, -0.25) is 10.1 Å². The van der Waals surface area contributed by atoms with Crippen molar-refractivity contribution in [1.29, 1.82) is 0 Å². The van der Waals surface area contributed by atoms with Crippen LogP contribution in [0.25, 0.3) is 0 Å². The summed E-state index contributed by atoms with van der Waals surface area (Å²) in [6, 6.07) is 5.23. The van der Waals surface area contributed by atoms with Crippen LogP contribution in [0.3, 0.4) is 0 Å². The second-order valence-corrected chi connectivity index (χ2v) is 4.48. The molecule has 0 saturated heterocycles. The molecule has 1 aromatic carbocycles. The van der Waals surface area contributed by atoms with Crippen LogP contribution in [0.1, 0.15) is 6.42 Å². The molecular formula is C9H10BrN3O2. The van der Waals surface area contributed by atoms with Crippen molar-refractivity contribution in [3.63, 3.8) is 0 Å². The molecular weight excluding hydrogens is 262 g/mol. The Morgan fingerprint density at radius 2 is 2.27 bits per heavy atom. The van der Waals surface area contributed by atoms with Gasteiger partial charge in [0.1, 0.15) is 5.69 Å². The smallest absolute Gasteiger partial charge is 0.293 e. The van der Waals surface area contributed by atoms with Gasteiger partial charge in [-0.25, -0.2) is 0 Å². The van der Waals surface area contributed by atoms with E-state index in [9.17, 15) is 10.1 Å². The van der Waals surface area contributed by atoms with Crippen molar-refractivity contribution in [3.05, 3.63) is 32.8 Å². The van der Waals surface area contributed by atoms with Crippen LogP contribution in [0.4, 0.5) is 11.4 Å². The number of nitrogens with one attached hydrogen (secondary N) is 1. The van der Waals surface area contributed by atoms with Crippen LogP contribution in [-0.2, 0) is 0 Å². The zero-order chi connectivity index (χ0) is 11.0. The molecule has 0 bridgehead atoms. The van der Waals surface area contributed by atoms with Crippen LogP contribution in [0, 0.1) is 10.1 Å². The Labute approximate surface area is 94.9 Å². The summed E-state index contributed by atoms with van der Waals surface area (Å²) in [5.74, 6) is 0. The SMILES string of the molecule is NC1CC1Nc1ccc(Br)cc1[N+](=O)[O-]. The molecule has 15 heavy (non-hydrogen) atoms. The number of hydrogen-bond acceptors (Lipinski definition) is 4. The number of hydrogen-bond donors (Lipinski definition) is 2. The van der Waals surface area contributed by atoms with Crippen LogP contribution in [-0.4, -0.2) is 17.0 Å². The van der Waals surface area contributed by atoms with E-state index in [2.05, 4.69) is 21.2 Å². The quantitative estimate of drug-likeness (QED) is 0.650. The number of nitro benzene ring substituents is 1. The average molecular weight is 272 g/mol. The van der Waals surface area contributed by atoms with Crippen LogP contribution in [0.5, 0.6) is 0 Å². The highest BCUT2D eigenvalue weighted by molar-refractivity contribution is 9.10. The van der Waals surface area contributed by atoms with Gasteiger partial charge in [0.25, 0.3) is 5.69 Å². The molecule has 0 aromatic heterocycles. The van der Waals surface area contributed by atoms with E-state index in [4.69, 9.17) is 5.73 Å². The molecule has 2 atom stereocenters. The van der Waals surface area contributed by atoms with E-state index in [0.717, 1.165) is 6.42 Å². The van der Waals surface area contributed by atoms with E-state index in [-0.39, 0.29) is 17.8 Å². The number of rotatable bonds is 3. The first-order chi connectivity index (χ1) is 7.08. The van der Waals surface area contributed by atoms with E-state index in [1.165, 1.54) is 6.07 Å². The van der Waals surface area contributed by atoms with E-state index >= 15 is 0 Å². The van der Waals surface area contributed by atoms with Crippen LogP contribution in [0.2, 0.25) is 0 Å². The molecule has 0 radical (unpaired) electrons. The highest BCUT2D eigenvalue weighted by atomic mass is 79.9. The lowest BCUT2D eigenvalue weighted by atomic mass is 10.2.